The van der Waals surface area contributed by atoms with E-state index in [1.54, 1.807) is 24.4 Å². The maximum absolute atomic E-state index is 12.9. The van der Waals surface area contributed by atoms with Gasteiger partial charge >= 0.3 is 0 Å². The number of rotatable bonds is 7. The molecular weight excluding hydrogens is 390 g/mol. The van der Waals surface area contributed by atoms with E-state index in [0.29, 0.717) is 41.0 Å². The van der Waals surface area contributed by atoms with Crippen LogP contribution >= 0.6 is 23.2 Å². The Hall–Kier alpha value is -2.37. The second-order valence-corrected chi connectivity index (χ2v) is 6.60. The van der Waals surface area contributed by atoms with Gasteiger partial charge in [0, 0.05) is 28.8 Å². The molecule has 0 aliphatic heterocycles. The maximum atomic E-state index is 12.9. The molecule has 0 saturated carbocycles. The zero-order valence-corrected chi connectivity index (χ0v) is 16.1. The Morgan fingerprint density at radius 2 is 1.78 bits per heavy atom. The first-order valence-electron chi connectivity index (χ1n) is 8.28. The molecule has 0 bridgehead atoms. The summed E-state index contributed by atoms with van der Waals surface area (Å²) in [6.45, 7) is 1.69. The van der Waals surface area contributed by atoms with E-state index in [0.717, 1.165) is 11.1 Å². The Balaban J connectivity index is 1.56. The Bertz CT molecular complexity index is 920. The van der Waals surface area contributed by atoms with Gasteiger partial charge in [-0.15, -0.1) is 0 Å². The third kappa shape index (κ3) is 5.31. The fraction of sp³-hybridized carbons (Fsp3) is 0.200. The number of hydrogen-bond acceptors (Lipinski definition) is 4. The summed E-state index contributed by atoms with van der Waals surface area (Å²) in [5.74, 6) is 1.69. The number of ether oxygens (including phenoxy) is 2. The molecule has 0 saturated heterocycles. The number of aryl methyl sites for hydroxylation is 1. The minimum atomic E-state index is -0.633. The third-order valence-electron chi connectivity index (χ3n) is 3.85. The van der Waals surface area contributed by atoms with Crippen LogP contribution in [0.5, 0.6) is 17.4 Å². The van der Waals surface area contributed by atoms with Crippen LogP contribution in [0.3, 0.4) is 0 Å². The molecule has 7 heteroatoms. The van der Waals surface area contributed by atoms with E-state index in [4.69, 9.17) is 32.7 Å². The Morgan fingerprint density at radius 1 is 1.04 bits per heavy atom. The van der Waals surface area contributed by atoms with Gasteiger partial charge in [-0.3, -0.25) is 0 Å². The SMILES string of the molecule is Cc1cnc(Cl)nc1OCCc1ccc(Oc2ccc(Cl)c(CF)c2)cc1. The van der Waals surface area contributed by atoms with Crippen molar-refractivity contribution in [3.8, 4) is 17.4 Å². The summed E-state index contributed by atoms with van der Waals surface area (Å²) in [6.07, 6.45) is 2.33. The highest BCUT2D eigenvalue weighted by Crippen LogP contribution is 2.27. The van der Waals surface area contributed by atoms with Crippen LogP contribution in [-0.2, 0) is 13.1 Å². The lowest BCUT2D eigenvalue weighted by Gasteiger charge is -2.10. The Morgan fingerprint density at radius 3 is 2.52 bits per heavy atom. The van der Waals surface area contributed by atoms with Crippen molar-refractivity contribution in [2.75, 3.05) is 6.61 Å². The fourth-order valence-corrected chi connectivity index (χ4v) is 2.69. The minimum Gasteiger partial charge on any atom is -0.477 e. The van der Waals surface area contributed by atoms with Gasteiger partial charge in [-0.25, -0.2) is 9.37 Å². The van der Waals surface area contributed by atoms with Gasteiger partial charge in [-0.05, 0) is 54.4 Å². The molecule has 4 nitrogen and oxygen atoms in total. The van der Waals surface area contributed by atoms with E-state index in [1.807, 2.05) is 31.2 Å². The van der Waals surface area contributed by atoms with Crippen LogP contribution in [0.15, 0.2) is 48.7 Å². The van der Waals surface area contributed by atoms with Gasteiger partial charge in [0.05, 0.1) is 6.61 Å². The van der Waals surface area contributed by atoms with Crippen molar-refractivity contribution >= 4 is 23.2 Å². The van der Waals surface area contributed by atoms with Gasteiger partial charge in [-0.1, -0.05) is 23.7 Å². The number of halogens is 3. The van der Waals surface area contributed by atoms with E-state index in [1.165, 1.54) is 0 Å². The van der Waals surface area contributed by atoms with Gasteiger partial charge < -0.3 is 9.47 Å². The van der Waals surface area contributed by atoms with Crippen molar-refractivity contribution in [3.63, 3.8) is 0 Å². The van der Waals surface area contributed by atoms with Crippen LogP contribution in [0, 0.1) is 6.92 Å². The second kappa shape index (κ2) is 9.02. The van der Waals surface area contributed by atoms with Crippen molar-refractivity contribution in [1.82, 2.24) is 9.97 Å². The molecule has 0 spiro atoms. The minimum absolute atomic E-state index is 0.162. The van der Waals surface area contributed by atoms with Crippen LogP contribution < -0.4 is 9.47 Å². The summed E-state index contributed by atoms with van der Waals surface area (Å²) in [7, 11) is 0. The van der Waals surface area contributed by atoms with Crippen molar-refractivity contribution in [3.05, 3.63) is 75.7 Å². The highest BCUT2D eigenvalue weighted by Gasteiger charge is 2.06. The van der Waals surface area contributed by atoms with Gasteiger partial charge in [0.25, 0.3) is 0 Å². The predicted octanol–water partition coefficient (Wildman–Crippen LogP) is 5.98. The van der Waals surface area contributed by atoms with E-state index in [9.17, 15) is 4.39 Å². The largest absolute Gasteiger partial charge is 0.477 e. The summed E-state index contributed by atoms with van der Waals surface area (Å²) >= 11 is 11.7. The lowest BCUT2D eigenvalue weighted by molar-refractivity contribution is 0.306. The Kier molecular flexibility index (Phi) is 6.48. The summed E-state index contributed by atoms with van der Waals surface area (Å²) in [5.41, 5.74) is 2.32. The summed E-state index contributed by atoms with van der Waals surface area (Å²) in [5, 5.41) is 0.552. The molecule has 27 heavy (non-hydrogen) atoms. The molecule has 0 fully saturated rings. The number of benzene rings is 2. The second-order valence-electron chi connectivity index (χ2n) is 5.86. The average molecular weight is 407 g/mol. The highest BCUT2D eigenvalue weighted by atomic mass is 35.5. The number of nitrogens with zero attached hydrogens (tertiary/aromatic N) is 2. The normalized spacial score (nSPS) is 10.7. The first-order valence-corrected chi connectivity index (χ1v) is 9.04. The summed E-state index contributed by atoms with van der Waals surface area (Å²) in [6, 6.07) is 12.5. The van der Waals surface area contributed by atoms with Crippen LogP contribution in [0.1, 0.15) is 16.7 Å². The monoisotopic (exact) mass is 406 g/mol. The van der Waals surface area contributed by atoms with E-state index >= 15 is 0 Å². The van der Waals surface area contributed by atoms with Crippen LogP contribution in [0.25, 0.3) is 0 Å². The van der Waals surface area contributed by atoms with Crippen LogP contribution in [0.4, 0.5) is 4.39 Å². The maximum Gasteiger partial charge on any atom is 0.225 e. The van der Waals surface area contributed by atoms with Crippen molar-refractivity contribution in [2.45, 2.75) is 20.0 Å². The van der Waals surface area contributed by atoms with E-state index < -0.39 is 6.67 Å². The molecule has 0 N–H and O–H groups in total. The molecule has 1 aromatic heterocycles. The van der Waals surface area contributed by atoms with Crippen molar-refractivity contribution < 1.29 is 13.9 Å². The first kappa shape index (κ1) is 19.4. The average Bonchev–Trinajstić information content (AvgIpc) is 2.67. The quantitative estimate of drug-likeness (QED) is 0.453. The lowest BCUT2D eigenvalue weighted by Crippen LogP contribution is -2.04. The van der Waals surface area contributed by atoms with E-state index in [2.05, 4.69) is 9.97 Å². The molecule has 0 aliphatic carbocycles. The molecule has 0 amide bonds. The fourth-order valence-electron chi connectivity index (χ4n) is 2.40. The van der Waals surface area contributed by atoms with Gasteiger partial charge in [0.2, 0.25) is 11.2 Å². The third-order valence-corrected chi connectivity index (χ3v) is 4.40. The topological polar surface area (TPSA) is 44.2 Å². The van der Waals surface area contributed by atoms with Crippen molar-refractivity contribution in [2.24, 2.45) is 0 Å². The molecule has 0 atom stereocenters. The van der Waals surface area contributed by atoms with E-state index in [-0.39, 0.29) is 5.28 Å². The molecule has 140 valence electrons. The number of aromatic nitrogens is 2. The van der Waals surface area contributed by atoms with Crippen molar-refractivity contribution in [1.29, 1.82) is 0 Å². The molecule has 2 aromatic carbocycles. The first-order chi connectivity index (χ1) is 13.0. The molecule has 0 aliphatic rings. The molecule has 1 heterocycles. The number of hydrogen-bond donors (Lipinski definition) is 0. The molecule has 0 unspecified atom stereocenters. The highest BCUT2D eigenvalue weighted by molar-refractivity contribution is 6.31. The standard InChI is InChI=1S/C20H17Cl2FN2O2/c1-13-12-24-20(22)25-19(13)26-9-8-14-2-4-16(5-3-14)27-17-6-7-18(21)15(10-17)11-23/h2-7,10,12H,8-9,11H2,1H3. The summed E-state index contributed by atoms with van der Waals surface area (Å²) in [4.78, 5) is 7.96. The predicted molar refractivity (Wildman–Crippen MR) is 104 cm³/mol. The molecule has 3 rings (SSSR count). The lowest BCUT2D eigenvalue weighted by atomic mass is 10.1. The van der Waals surface area contributed by atoms with Crippen LogP contribution in [-0.4, -0.2) is 16.6 Å². The zero-order chi connectivity index (χ0) is 19.2. The molecule has 3 aromatic rings. The molecular formula is C20H17Cl2FN2O2. The Labute approximate surface area is 166 Å². The van der Waals surface area contributed by atoms with Gasteiger partial charge in [-0.2, -0.15) is 4.98 Å². The van der Waals surface area contributed by atoms with Crippen LogP contribution in [0.2, 0.25) is 10.3 Å². The molecule has 0 radical (unpaired) electrons. The van der Waals surface area contributed by atoms with Gasteiger partial charge in [0.15, 0.2) is 0 Å². The smallest absolute Gasteiger partial charge is 0.225 e. The summed E-state index contributed by atoms with van der Waals surface area (Å²) < 4.78 is 24.3. The number of alkyl halides is 1. The van der Waals surface area contributed by atoms with Gasteiger partial charge in [0.1, 0.15) is 18.2 Å². The zero-order valence-electron chi connectivity index (χ0n) is 14.6.